The molecule has 2 aliphatic rings. The topological polar surface area (TPSA) is 17.1 Å². The van der Waals surface area contributed by atoms with Gasteiger partial charge in [-0.2, -0.15) is 0 Å². The summed E-state index contributed by atoms with van der Waals surface area (Å²) in [4.78, 5) is 10.9. The van der Waals surface area contributed by atoms with Crippen LogP contribution in [-0.4, -0.2) is 6.29 Å². The third-order valence-corrected chi connectivity index (χ3v) is 3.81. The summed E-state index contributed by atoms with van der Waals surface area (Å²) in [5.74, 6) is 2.41. The monoisotopic (exact) mass is 178 g/mol. The third kappa shape index (κ3) is 1.56. The lowest BCUT2D eigenvalue weighted by Crippen LogP contribution is -2.34. The second-order valence-electron chi connectivity index (χ2n) is 4.61. The average Bonchev–Trinajstić information content (AvgIpc) is 2.17. The van der Waals surface area contributed by atoms with Crippen LogP contribution in [0.25, 0.3) is 0 Å². The molecule has 1 fully saturated rings. The van der Waals surface area contributed by atoms with E-state index in [9.17, 15) is 4.79 Å². The van der Waals surface area contributed by atoms with E-state index in [0.717, 1.165) is 12.3 Å². The van der Waals surface area contributed by atoms with Gasteiger partial charge in [-0.1, -0.05) is 31.9 Å². The zero-order chi connectivity index (χ0) is 9.26. The predicted molar refractivity (Wildman–Crippen MR) is 53.3 cm³/mol. The Bertz CT molecular complexity index is 219. The normalized spacial score (nSPS) is 44.1. The quantitative estimate of drug-likeness (QED) is 0.446. The smallest absolute Gasteiger partial charge is 0.123 e. The molecule has 4 atom stereocenters. The Balaban J connectivity index is 2.18. The predicted octanol–water partition coefficient (Wildman–Crippen LogP) is 2.81. The number of carbonyl (C=O) groups is 1. The Kier molecular flexibility index (Phi) is 2.52. The van der Waals surface area contributed by atoms with Gasteiger partial charge in [-0.3, -0.25) is 0 Å². The van der Waals surface area contributed by atoms with Crippen LogP contribution in [0.15, 0.2) is 12.2 Å². The van der Waals surface area contributed by atoms with Gasteiger partial charge >= 0.3 is 0 Å². The van der Waals surface area contributed by atoms with Crippen LogP contribution in [0.5, 0.6) is 0 Å². The lowest BCUT2D eigenvalue weighted by atomic mass is 9.64. The van der Waals surface area contributed by atoms with Gasteiger partial charge in [0.25, 0.3) is 0 Å². The molecular formula is C12H18O. The van der Waals surface area contributed by atoms with Crippen LogP contribution in [0.2, 0.25) is 0 Å². The Morgan fingerprint density at radius 2 is 2.23 bits per heavy atom. The molecule has 0 aliphatic heterocycles. The highest BCUT2D eigenvalue weighted by atomic mass is 16.1. The van der Waals surface area contributed by atoms with Gasteiger partial charge in [-0.05, 0) is 30.6 Å². The first kappa shape index (κ1) is 8.98. The van der Waals surface area contributed by atoms with Crippen LogP contribution >= 0.6 is 0 Å². The van der Waals surface area contributed by atoms with E-state index in [2.05, 4.69) is 19.1 Å². The Morgan fingerprint density at radius 3 is 3.00 bits per heavy atom. The van der Waals surface area contributed by atoms with Crippen LogP contribution < -0.4 is 0 Å². The summed E-state index contributed by atoms with van der Waals surface area (Å²) < 4.78 is 0. The maximum Gasteiger partial charge on any atom is 0.123 e. The average molecular weight is 178 g/mol. The van der Waals surface area contributed by atoms with E-state index in [0.29, 0.717) is 17.8 Å². The zero-order valence-corrected chi connectivity index (χ0v) is 8.28. The van der Waals surface area contributed by atoms with Crippen LogP contribution in [0.3, 0.4) is 0 Å². The minimum Gasteiger partial charge on any atom is -0.303 e. The molecule has 0 heterocycles. The molecule has 1 saturated carbocycles. The maximum atomic E-state index is 10.9. The van der Waals surface area contributed by atoms with E-state index < -0.39 is 0 Å². The molecular weight excluding hydrogens is 160 g/mol. The summed E-state index contributed by atoms with van der Waals surface area (Å²) in [6.07, 6.45) is 10.7. The highest BCUT2D eigenvalue weighted by Crippen LogP contribution is 2.43. The molecule has 0 unspecified atom stereocenters. The minimum atomic E-state index is 0.310. The minimum absolute atomic E-state index is 0.310. The van der Waals surface area contributed by atoms with E-state index in [1.165, 1.54) is 25.5 Å². The Hall–Kier alpha value is -0.590. The molecule has 1 nitrogen and oxygen atoms in total. The van der Waals surface area contributed by atoms with E-state index in [4.69, 9.17) is 0 Å². The summed E-state index contributed by atoms with van der Waals surface area (Å²) in [6, 6.07) is 0. The van der Waals surface area contributed by atoms with Crippen LogP contribution in [0.4, 0.5) is 0 Å². The van der Waals surface area contributed by atoms with Gasteiger partial charge in [0, 0.05) is 5.92 Å². The van der Waals surface area contributed by atoms with Crippen molar-refractivity contribution in [1.82, 2.24) is 0 Å². The van der Waals surface area contributed by atoms with Gasteiger partial charge in [0.2, 0.25) is 0 Å². The van der Waals surface area contributed by atoms with Gasteiger partial charge in [0.15, 0.2) is 0 Å². The maximum absolute atomic E-state index is 10.9. The molecule has 13 heavy (non-hydrogen) atoms. The molecule has 72 valence electrons. The van der Waals surface area contributed by atoms with E-state index in [1.54, 1.807) is 0 Å². The van der Waals surface area contributed by atoms with Crippen LogP contribution in [0, 0.1) is 23.7 Å². The number of hydrogen-bond acceptors (Lipinski definition) is 1. The first-order valence-electron chi connectivity index (χ1n) is 5.45. The van der Waals surface area contributed by atoms with Crippen molar-refractivity contribution >= 4 is 6.29 Å². The molecule has 1 heteroatoms. The number of hydrogen-bond donors (Lipinski definition) is 0. The fraction of sp³-hybridized carbons (Fsp3) is 0.750. The van der Waals surface area contributed by atoms with Crippen molar-refractivity contribution in [2.75, 3.05) is 0 Å². The molecule has 0 aromatic heterocycles. The van der Waals surface area contributed by atoms with Crippen molar-refractivity contribution in [2.24, 2.45) is 23.7 Å². The van der Waals surface area contributed by atoms with E-state index in [1.807, 2.05) is 0 Å². The fourth-order valence-electron chi connectivity index (χ4n) is 3.16. The van der Waals surface area contributed by atoms with E-state index >= 15 is 0 Å². The molecule has 0 saturated heterocycles. The highest BCUT2D eigenvalue weighted by molar-refractivity contribution is 5.55. The first-order valence-corrected chi connectivity index (χ1v) is 5.45. The van der Waals surface area contributed by atoms with Gasteiger partial charge in [-0.15, -0.1) is 0 Å². The van der Waals surface area contributed by atoms with Crippen molar-refractivity contribution in [2.45, 2.75) is 32.6 Å². The SMILES string of the molecule is C[C@@H]1CCC[C@@H]2C=CC[C@H](C=O)[C@@H]12. The molecule has 0 aromatic carbocycles. The van der Waals surface area contributed by atoms with Crippen molar-refractivity contribution < 1.29 is 4.79 Å². The van der Waals surface area contributed by atoms with Gasteiger partial charge in [0.05, 0.1) is 0 Å². The fourth-order valence-corrected chi connectivity index (χ4v) is 3.16. The lowest BCUT2D eigenvalue weighted by Gasteiger charge is -2.40. The highest BCUT2D eigenvalue weighted by Gasteiger charge is 2.36. The Labute approximate surface area is 80.2 Å². The number of allylic oxidation sites excluding steroid dienone is 2. The van der Waals surface area contributed by atoms with Crippen molar-refractivity contribution in [3.63, 3.8) is 0 Å². The standard InChI is InChI=1S/C12H18O/c1-9-4-2-5-10-6-3-7-11(8-13)12(9)10/h3,6,8-12H,2,4-5,7H2,1H3/t9-,10-,11-,12+/m1/s1. The van der Waals surface area contributed by atoms with Crippen molar-refractivity contribution in [3.8, 4) is 0 Å². The Morgan fingerprint density at radius 1 is 1.38 bits per heavy atom. The number of rotatable bonds is 1. The van der Waals surface area contributed by atoms with Crippen LogP contribution in [0.1, 0.15) is 32.6 Å². The van der Waals surface area contributed by atoms with Crippen molar-refractivity contribution in [3.05, 3.63) is 12.2 Å². The number of aldehydes is 1. The van der Waals surface area contributed by atoms with Gasteiger partial charge in [0.1, 0.15) is 6.29 Å². The van der Waals surface area contributed by atoms with Gasteiger partial charge < -0.3 is 4.79 Å². The first-order chi connectivity index (χ1) is 6.33. The second-order valence-corrected chi connectivity index (χ2v) is 4.61. The lowest BCUT2D eigenvalue weighted by molar-refractivity contribution is -0.114. The zero-order valence-electron chi connectivity index (χ0n) is 8.28. The number of carbonyl (C=O) groups excluding carboxylic acids is 1. The molecule has 2 aliphatic carbocycles. The molecule has 0 N–H and O–H groups in total. The van der Waals surface area contributed by atoms with Gasteiger partial charge in [-0.25, -0.2) is 0 Å². The summed E-state index contributed by atoms with van der Waals surface area (Å²) in [6.45, 7) is 2.31. The molecule has 0 aromatic rings. The second kappa shape index (κ2) is 3.65. The summed E-state index contributed by atoms with van der Waals surface area (Å²) >= 11 is 0. The molecule has 0 radical (unpaired) electrons. The third-order valence-electron chi connectivity index (χ3n) is 3.81. The molecule has 0 amide bonds. The molecule has 0 spiro atoms. The number of fused-ring (bicyclic) bond motifs is 1. The van der Waals surface area contributed by atoms with E-state index in [-0.39, 0.29) is 0 Å². The summed E-state index contributed by atoms with van der Waals surface area (Å²) in [5, 5.41) is 0. The summed E-state index contributed by atoms with van der Waals surface area (Å²) in [7, 11) is 0. The summed E-state index contributed by atoms with van der Waals surface area (Å²) in [5.41, 5.74) is 0. The van der Waals surface area contributed by atoms with Crippen LogP contribution in [-0.2, 0) is 4.79 Å². The molecule has 2 rings (SSSR count). The molecule has 0 bridgehead atoms. The largest absolute Gasteiger partial charge is 0.303 e. The van der Waals surface area contributed by atoms with Crippen molar-refractivity contribution in [1.29, 1.82) is 0 Å².